The molecule has 0 saturated heterocycles. The molecule has 8 nitrogen and oxygen atoms in total. The highest BCUT2D eigenvalue weighted by atomic mass is 31.2. The number of aliphatic hydroxyl groups is 1. The fourth-order valence-electron chi connectivity index (χ4n) is 6.54. The molecule has 3 unspecified atom stereocenters. The average molecular weight is 745 g/mol. The van der Waals surface area contributed by atoms with Crippen molar-refractivity contribution in [2.75, 3.05) is 19.8 Å². The minimum atomic E-state index is -4.33. The Balaban J connectivity index is 4.18. The van der Waals surface area contributed by atoms with Gasteiger partial charge in [0.1, 0.15) is 0 Å². The summed E-state index contributed by atoms with van der Waals surface area (Å²) in [4.78, 5) is 22.7. The molecule has 0 aromatic rings. The van der Waals surface area contributed by atoms with Crippen LogP contribution in [0.2, 0.25) is 0 Å². The van der Waals surface area contributed by atoms with E-state index in [2.05, 4.69) is 19.2 Å². The Labute approximate surface area is 315 Å². The molecule has 0 aliphatic rings. The Hall–Kier alpha value is -0.760. The van der Waals surface area contributed by atoms with Crippen molar-refractivity contribution in [3.8, 4) is 0 Å². The van der Waals surface area contributed by atoms with Gasteiger partial charge >= 0.3 is 7.82 Å². The molecule has 9 heteroatoms. The summed E-state index contributed by atoms with van der Waals surface area (Å²) < 4.78 is 22.1. The van der Waals surface area contributed by atoms with Crippen molar-refractivity contribution < 1.29 is 28.4 Å². The summed E-state index contributed by atoms with van der Waals surface area (Å²) in [7, 11) is -4.33. The number of aliphatic hydroxyl groups excluding tert-OH is 1. The molecule has 0 aliphatic heterocycles. The molecule has 0 fully saturated rings. The fraction of sp³-hybridized carbons (Fsp3) is 0.929. The van der Waals surface area contributed by atoms with E-state index in [0.29, 0.717) is 6.42 Å². The van der Waals surface area contributed by atoms with Crippen molar-refractivity contribution in [1.82, 2.24) is 5.32 Å². The summed E-state index contributed by atoms with van der Waals surface area (Å²) in [5, 5.41) is 13.7. The van der Waals surface area contributed by atoms with E-state index in [1.54, 1.807) is 6.08 Å². The third kappa shape index (κ3) is 37.4. The first-order valence-corrected chi connectivity index (χ1v) is 23.3. The number of phosphoric ester groups is 1. The van der Waals surface area contributed by atoms with Gasteiger partial charge in [0, 0.05) is 13.0 Å². The molecule has 0 aromatic heterocycles. The lowest BCUT2D eigenvalue weighted by Crippen LogP contribution is -2.45. The molecule has 3 atom stereocenters. The maximum Gasteiger partial charge on any atom is 0.472 e. The average Bonchev–Trinajstić information content (AvgIpc) is 3.12. The van der Waals surface area contributed by atoms with E-state index in [1.807, 2.05) is 6.08 Å². The molecule has 304 valence electrons. The number of carbonyl (C=O) groups is 1. The van der Waals surface area contributed by atoms with Gasteiger partial charge in [0.15, 0.2) is 0 Å². The van der Waals surface area contributed by atoms with Crippen LogP contribution in [-0.2, 0) is 18.4 Å². The summed E-state index contributed by atoms with van der Waals surface area (Å²) in [5.74, 6) is -0.192. The molecule has 0 heterocycles. The SMILES string of the molecule is CCCCCCCCCCCCCCCCCCC/C=C/C(O)C(COP(=O)(O)OCCN)NC(=O)CCCCCCCCCCCCCCC. The van der Waals surface area contributed by atoms with Gasteiger partial charge in [-0.2, -0.15) is 0 Å². The van der Waals surface area contributed by atoms with Crippen molar-refractivity contribution in [1.29, 1.82) is 0 Å². The number of rotatable bonds is 41. The van der Waals surface area contributed by atoms with Crippen LogP contribution in [0.1, 0.15) is 219 Å². The minimum Gasteiger partial charge on any atom is -0.387 e. The Morgan fingerprint density at radius 2 is 1.00 bits per heavy atom. The van der Waals surface area contributed by atoms with E-state index in [1.165, 1.54) is 161 Å². The van der Waals surface area contributed by atoms with Gasteiger partial charge < -0.3 is 21.1 Å². The molecular weight excluding hydrogens is 659 g/mol. The topological polar surface area (TPSA) is 131 Å². The van der Waals surface area contributed by atoms with Gasteiger partial charge in [-0.15, -0.1) is 0 Å². The third-order valence-corrected chi connectivity index (χ3v) is 10.8. The van der Waals surface area contributed by atoms with Crippen LogP contribution in [0.3, 0.4) is 0 Å². The second-order valence-electron chi connectivity index (χ2n) is 14.9. The van der Waals surface area contributed by atoms with Crippen LogP contribution in [0.5, 0.6) is 0 Å². The number of nitrogens with two attached hydrogens (primary N) is 1. The van der Waals surface area contributed by atoms with E-state index in [4.69, 9.17) is 14.8 Å². The zero-order valence-corrected chi connectivity index (χ0v) is 34.5. The number of hydrogen-bond donors (Lipinski definition) is 4. The smallest absolute Gasteiger partial charge is 0.387 e. The lowest BCUT2D eigenvalue weighted by atomic mass is 10.0. The number of amides is 1. The summed E-state index contributed by atoms with van der Waals surface area (Å²) in [6.45, 7) is 4.15. The molecule has 0 rings (SSSR count). The maximum absolute atomic E-state index is 12.7. The summed E-state index contributed by atoms with van der Waals surface area (Å²) in [6.07, 6.45) is 42.6. The van der Waals surface area contributed by atoms with Crippen molar-refractivity contribution >= 4 is 13.7 Å². The quantitative estimate of drug-likeness (QED) is 0.0278. The number of hydrogen-bond acceptors (Lipinski definition) is 6. The number of allylic oxidation sites excluding steroid dienone is 1. The van der Waals surface area contributed by atoms with Gasteiger partial charge in [-0.05, 0) is 19.3 Å². The first-order valence-electron chi connectivity index (χ1n) is 21.8. The Morgan fingerprint density at radius 1 is 0.627 bits per heavy atom. The summed E-state index contributed by atoms with van der Waals surface area (Å²) >= 11 is 0. The molecule has 0 saturated carbocycles. The van der Waals surface area contributed by atoms with Gasteiger partial charge in [0.2, 0.25) is 5.91 Å². The molecule has 0 bridgehead atoms. The van der Waals surface area contributed by atoms with Crippen LogP contribution in [0, 0.1) is 0 Å². The lowest BCUT2D eigenvalue weighted by Gasteiger charge is -2.23. The lowest BCUT2D eigenvalue weighted by molar-refractivity contribution is -0.123. The summed E-state index contributed by atoms with van der Waals surface area (Å²) in [6, 6.07) is -0.853. The molecule has 5 N–H and O–H groups in total. The Kier molecular flexibility index (Phi) is 38.4. The summed E-state index contributed by atoms with van der Waals surface area (Å²) in [5.41, 5.74) is 5.37. The van der Waals surface area contributed by atoms with E-state index < -0.39 is 20.0 Å². The van der Waals surface area contributed by atoms with Crippen molar-refractivity contribution in [2.24, 2.45) is 5.73 Å². The van der Waals surface area contributed by atoms with Crippen LogP contribution < -0.4 is 11.1 Å². The van der Waals surface area contributed by atoms with Crippen LogP contribution in [0.15, 0.2) is 12.2 Å². The molecule has 0 radical (unpaired) electrons. The predicted molar refractivity (Wildman–Crippen MR) is 217 cm³/mol. The number of phosphoric acid groups is 1. The molecule has 51 heavy (non-hydrogen) atoms. The van der Waals surface area contributed by atoms with Gasteiger partial charge in [0.25, 0.3) is 0 Å². The van der Waals surface area contributed by atoms with Crippen molar-refractivity contribution in [3.05, 3.63) is 12.2 Å². The highest BCUT2D eigenvalue weighted by molar-refractivity contribution is 7.47. The standard InChI is InChI=1S/C42H85N2O6P/c1-3-5-7-9-11-13-15-17-18-19-20-21-22-24-25-27-29-31-33-35-41(45)40(39-50-51(47,48)49-38-37-43)44-42(46)36-34-32-30-28-26-23-16-14-12-10-8-6-4-2/h33,35,40-41,45H,3-32,34,36-39,43H2,1-2H3,(H,44,46)(H,47,48)/b35-33+. The minimum absolute atomic E-state index is 0.0813. The molecule has 1 amide bonds. The molecule has 0 spiro atoms. The van der Waals surface area contributed by atoms with Crippen LogP contribution in [0.25, 0.3) is 0 Å². The van der Waals surface area contributed by atoms with Gasteiger partial charge in [-0.25, -0.2) is 4.57 Å². The first kappa shape index (κ1) is 50.2. The normalized spacial score (nSPS) is 14.2. The molecular formula is C42H85N2O6P. The Morgan fingerprint density at radius 3 is 1.39 bits per heavy atom. The molecule has 0 aliphatic carbocycles. The van der Waals surface area contributed by atoms with E-state index >= 15 is 0 Å². The van der Waals surface area contributed by atoms with Crippen LogP contribution in [-0.4, -0.2) is 47.8 Å². The zero-order chi connectivity index (χ0) is 37.5. The van der Waals surface area contributed by atoms with Crippen molar-refractivity contribution in [3.63, 3.8) is 0 Å². The number of carbonyl (C=O) groups excluding carboxylic acids is 1. The monoisotopic (exact) mass is 745 g/mol. The van der Waals surface area contributed by atoms with Gasteiger partial charge in [0.05, 0.1) is 25.4 Å². The largest absolute Gasteiger partial charge is 0.472 e. The first-order chi connectivity index (χ1) is 24.9. The Bertz CT molecular complexity index is 814. The second-order valence-corrected chi connectivity index (χ2v) is 16.4. The number of nitrogens with one attached hydrogen (secondary N) is 1. The highest BCUT2D eigenvalue weighted by Gasteiger charge is 2.26. The molecule has 0 aromatic carbocycles. The van der Waals surface area contributed by atoms with Crippen LogP contribution in [0.4, 0.5) is 0 Å². The third-order valence-electron chi connectivity index (χ3n) is 9.86. The van der Waals surface area contributed by atoms with Crippen LogP contribution >= 0.6 is 7.82 Å². The highest BCUT2D eigenvalue weighted by Crippen LogP contribution is 2.43. The maximum atomic E-state index is 12.7. The zero-order valence-electron chi connectivity index (χ0n) is 33.6. The van der Waals surface area contributed by atoms with Gasteiger partial charge in [-0.1, -0.05) is 206 Å². The predicted octanol–water partition coefficient (Wildman–Crippen LogP) is 12.0. The van der Waals surface area contributed by atoms with E-state index in [9.17, 15) is 19.4 Å². The second kappa shape index (κ2) is 38.9. The van der Waals surface area contributed by atoms with E-state index in [0.717, 1.165) is 38.5 Å². The number of unbranched alkanes of at least 4 members (excludes halogenated alkanes) is 29. The fourth-order valence-corrected chi connectivity index (χ4v) is 7.30. The van der Waals surface area contributed by atoms with Gasteiger partial charge in [-0.3, -0.25) is 13.8 Å². The van der Waals surface area contributed by atoms with Crippen molar-refractivity contribution in [2.45, 2.75) is 231 Å². The van der Waals surface area contributed by atoms with E-state index in [-0.39, 0.29) is 25.7 Å².